The van der Waals surface area contributed by atoms with Crippen molar-refractivity contribution in [1.29, 1.82) is 5.26 Å². The monoisotopic (exact) mass is 642 g/mol. The minimum atomic E-state index is -1.39. The Labute approximate surface area is 274 Å². The number of hydrogen-bond donors (Lipinski definition) is 5. The summed E-state index contributed by atoms with van der Waals surface area (Å²) < 4.78 is 4.93. The van der Waals surface area contributed by atoms with Crippen LogP contribution in [0, 0.1) is 25.2 Å². The topological polar surface area (TPSA) is 186 Å². The molecule has 0 saturated heterocycles. The molecule has 0 aliphatic heterocycles. The number of carbonyl (C=O) groups excluding carboxylic acids is 4. The van der Waals surface area contributed by atoms with E-state index in [2.05, 4.69) is 26.4 Å². The lowest BCUT2D eigenvalue weighted by Gasteiger charge is -2.24. The zero-order valence-corrected chi connectivity index (χ0v) is 27.5. The third-order valence-electron chi connectivity index (χ3n) is 6.97. The van der Waals surface area contributed by atoms with E-state index in [1.165, 1.54) is 19.1 Å². The van der Waals surface area contributed by atoms with Crippen molar-refractivity contribution < 1.29 is 28.8 Å². The Kier molecular flexibility index (Phi) is 12.6. The van der Waals surface area contributed by atoms with E-state index in [1.54, 1.807) is 25.1 Å². The number of nitrogens with one attached hydrogen (secondary N) is 4. The zero-order valence-electron chi connectivity index (χ0n) is 27.5. The van der Waals surface area contributed by atoms with Crippen molar-refractivity contribution in [3.05, 3.63) is 93.9 Å². The second kappa shape index (κ2) is 16.3. The average molecular weight is 643 g/mol. The van der Waals surface area contributed by atoms with Crippen LogP contribution in [-0.2, 0) is 27.3 Å². The molecule has 12 heteroatoms. The minimum absolute atomic E-state index is 0.0512. The number of nitrogens with zero attached hydrogens (tertiary/aromatic N) is 2. The summed E-state index contributed by atoms with van der Waals surface area (Å²) in [6.07, 6.45) is 0.697. The zero-order chi connectivity index (χ0) is 34.7. The molecule has 1 heterocycles. The molecule has 0 unspecified atom stereocenters. The Morgan fingerprint density at radius 2 is 1.70 bits per heavy atom. The van der Waals surface area contributed by atoms with E-state index in [0.717, 1.165) is 16.7 Å². The predicted molar refractivity (Wildman–Crippen MR) is 175 cm³/mol. The van der Waals surface area contributed by atoms with Crippen molar-refractivity contribution in [2.45, 2.75) is 84.7 Å². The second-order valence-electron chi connectivity index (χ2n) is 12.4. The van der Waals surface area contributed by atoms with E-state index in [0.29, 0.717) is 17.7 Å². The van der Waals surface area contributed by atoms with Crippen LogP contribution in [0.4, 0.5) is 0 Å². The smallest absolute Gasteiger partial charge is 0.274 e. The third kappa shape index (κ3) is 11.5. The molecule has 0 aliphatic carbocycles. The van der Waals surface area contributed by atoms with Gasteiger partial charge in [0.15, 0.2) is 5.69 Å². The van der Waals surface area contributed by atoms with Crippen LogP contribution in [0.25, 0.3) is 6.08 Å². The molecule has 3 rings (SSSR count). The number of amides is 4. The van der Waals surface area contributed by atoms with Crippen molar-refractivity contribution in [3.8, 4) is 6.07 Å². The van der Waals surface area contributed by atoms with Crippen LogP contribution < -0.4 is 21.3 Å². The number of hydrogen-bond acceptors (Lipinski definition) is 8. The Balaban J connectivity index is 1.79. The highest BCUT2D eigenvalue weighted by atomic mass is 16.5. The molecule has 248 valence electrons. The maximum absolute atomic E-state index is 13.4. The largest absolute Gasteiger partial charge is 0.391 e. The molecule has 3 aromatic rings. The lowest BCUT2D eigenvalue weighted by Crippen LogP contribution is -2.57. The van der Waals surface area contributed by atoms with Gasteiger partial charge in [-0.25, -0.2) is 0 Å². The molecule has 47 heavy (non-hydrogen) atoms. The molecule has 0 saturated carbocycles. The maximum atomic E-state index is 13.4. The summed E-state index contributed by atoms with van der Waals surface area (Å²) in [5, 5.41) is 34.4. The van der Waals surface area contributed by atoms with Gasteiger partial charge < -0.3 is 30.9 Å². The normalized spacial score (nSPS) is 13.4. The van der Waals surface area contributed by atoms with Gasteiger partial charge in [0.1, 0.15) is 29.5 Å². The average Bonchev–Trinajstić information content (AvgIpc) is 3.45. The van der Waals surface area contributed by atoms with Gasteiger partial charge in [0.25, 0.3) is 11.8 Å². The summed E-state index contributed by atoms with van der Waals surface area (Å²) in [6, 6.07) is 15.7. The number of rotatable bonds is 13. The number of aromatic nitrogens is 1. The highest BCUT2D eigenvalue weighted by Gasteiger charge is 2.31. The van der Waals surface area contributed by atoms with Crippen molar-refractivity contribution in [2.75, 3.05) is 0 Å². The predicted octanol–water partition coefficient (Wildman–Crippen LogP) is 3.03. The van der Waals surface area contributed by atoms with Gasteiger partial charge in [0, 0.05) is 18.2 Å². The number of aliphatic hydroxyl groups excluding tert-OH is 1. The van der Waals surface area contributed by atoms with Gasteiger partial charge in [-0.2, -0.15) is 5.26 Å². The molecule has 0 spiro atoms. The molecule has 5 N–H and O–H groups in total. The first kappa shape index (κ1) is 36.2. The van der Waals surface area contributed by atoms with E-state index >= 15 is 0 Å². The molecule has 0 bridgehead atoms. The number of aryl methyl sites for hydroxylation is 3. The standard InChI is InChI=1S/C35H42N6O6/c1-21-10-12-25(13-11-21)20-37-32(44)28(38-34(46)30(23(3)42)39-33(45)29-16-22(2)47-41-29)15-14-24-8-7-9-26(17-24)18-27(19-36)31(43)40-35(4,5)6/h7-13,16-18,23,28,30,42H,14-15,20H2,1-6H3,(H,37,44)(H,38,46)(H,39,45)(H,40,43)/t23-,28+,30+/m1/s1. The molecule has 3 atom stereocenters. The van der Waals surface area contributed by atoms with Gasteiger partial charge in [-0.3, -0.25) is 19.2 Å². The summed E-state index contributed by atoms with van der Waals surface area (Å²) in [7, 11) is 0. The molecular formula is C35H42N6O6. The lowest BCUT2D eigenvalue weighted by molar-refractivity contribution is -0.131. The molecule has 0 fully saturated rings. The Bertz CT molecular complexity index is 1650. The number of carbonyl (C=O) groups is 4. The lowest BCUT2D eigenvalue weighted by atomic mass is 10.0. The van der Waals surface area contributed by atoms with E-state index in [-0.39, 0.29) is 24.2 Å². The maximum Gasteiger partial charge on any atom is 0.274 e. The van der Waals surface area contributed by atoms with E-state index in [1.807, 2.05) is 64.1 Å². The van der Waals surface area contributed by atoms with Gasteiger partial charge in [-0.05, 0) is 77.2 Å². The molecular weight excluding hydrogens is 600 g/mol. The minimum Gasteiger partial charge on any atom is -0.391 e. The van der Waals surface area contributed by atoms with Gasteiger partial charge in [-0.15, -0.1) is 0 Å². The third-order valence-corrected chi connectivity index (χ3v) is 6.97. The van der Waals surface area contributed by atoms with E-state index < -0.39 is 47.4 Å². The summed E-state index contributed by atoms with van der Waals surface area (Å²) in [6.45, 7) is 10.6. The fourth-order valence-corrected chi connectivity index (χ4v) is 4.52. The van der Waals surface area contributed by atoms with E-state index in [4.69, 9.17) is 4.52 Å². The molecule has 4 amide bonds. The first-order valence-electron chi connectivity index (χ1n) is 15.2. The highest BCUT2D eigenvalue weighted by Crippen LogP contribution is 2.14. The number of nitriles is 1. The summed E-state index contributed by atoms with van der Waals surface area (Å²) in [4.78, 5) is 52.1. The number of benzene rings is 2. The van der Waals surface area contributed by atoms with Crippen LogP contribution in [0.15, 0.2) is 64.7 Å². The van der Waals surface area contributed by atoms with Gasteiger partial charge in [0.2, 0.25) is 11.8 Å². The van der Waals surface area contributed by atoms with Crippen LogP contribution in [-0.4, -0.2) is 57.6 Å². The highest BCUT2D eigenvalue weighted by molar-refractivity contribution is 6.02. The van der Waals surface area contributed by atoms with Crippen LogP contribution in [0.3, 0.4) is 0 Å². The van der Waals surface area contributed by atoms with Crippen molar-refractivity contribution in [3.63, 3.8) is 0 Å². The van der Waals surface area contributed by atoms with Crippen LogP contribution in [0.2, 0.25) is 0 Å². The van der Waals surface area contributed by atoms with Crippen LogP contribution in [0.1, 0.15) is 72.6 Å². The van der Waals surface area contributed by atoms with Crippen LogP contribution >= 0.6 is 0 Å². The fraction of sp³-hybridized carbons (Fsp3) is 0.371. The first-order valence-corrected chi connectivity index (χ1v) is 15.2. The summed E-state index contributed by atoms with van der Waals surface area (Å²) in [5.41, 5.74) is 2.73. The van der Waals surface area contributed by atoms with Crippen molar-refractivity contribution in [2.24, 2.45) is 0 Å². The van der Waals surface area contributed by atoms with Crippen molar-refractivity contribution >= 4 is 29.7 Å². The SMILES string of the molecule is Cc1ccc(CNC(=O)[C@H](CCc2cccc(C=C(C#N)C(=O)NC(C)(C)C)c2)NC(=O)[C@@H](NC(=O)c2cc(C)on2)[C@@H](C)O)cc1. The van der Waals surface area contributed by atoms with Gasteiger partial charge in [-0.1, -0.05) is 59.3 Å². The molecule has 12 nitrogen and oxygen atoms in total. The molecule has 0 radical (unpaired) electrons. The van der Waals surface area contributed by atoms with Gasteiger partial charge in [0.05, 0.1) is 6.10 Å². The molecule has 1 aromatic heterocycles. The van der Waals surface area contributed by atoms with Gasteiger partial charge >= 0.3 is 0 Å². The van der Waals surface area contributed by atoms with Crippen LogP contribution in [0.5, 0.6) is 0 Å². The quantitative estimate of drug-likeness (QED) is 0.139. The Hall–Kier alpha value is -5.28. The number of aliphatic hydroxyl groups is 1. The van der Waals surface area contributed by atoms with Crippen molar-refractivity contribution in [1.82, 2.24) is 26.4 Å². The fourth-order valence-electron chi connectivity index (χ4n) is 4.52. The van der Waals surface area contributed by atoms with E-state index in [9.17, 15) is 29.5 Å². The molecule has 2 aromatic carbocycles. The molecule has 0 aliphatic rings. The summed E-state index contributed by atoms with van der Waals surface area (Å²) >= 11 is 0. The second-order valence-corrected chi connectivity index (χ2v) is 12.4. The first-order chi connectivity index (χ1) is 22.1. The Morgan fingerprint density at radius 1 is 1.00 bits per heavy atom. The summed E-state index contributed by atoms with van der Waals surface area (Å²) in [5.74, 6) is -2.03. The Morgan fingerprint density at radius 3 is 2.30 bits per heavy atom.